The maximum absolute atomic E-state index is 12.6. The lowest BCUT2D eigenvalue weighted by Crippen LogP contribution is -2.37. The lowest BCUT2D eigenvalue weighted by Gasteiger charge is -2.21. The summed E-state index contributed by atoms with van der Waals surface area (Å²) < 4.78 is 12.1. The zero-order valence-electron chi connectivity index (χ0n) is 16.3. The molecule has 0 saturated carbocycles. The van der Waals surface area contributed by atoms with E-state index in [9.17, 15) is 4.79 Å². The SMILES string of the molecule is Cc1cc(C)cc(OC(C)C(=O)N(C)Cc2nc(-c3cccc(Br)c3)no2)c1. The minimum atomic E-state index is -0.626. The molecule has 0 saturated heterocycles. The number of aromatic nitrogens is 2. The number of amides is 1. The molecule has 0 radical (unpaired) electrons. The Balaban J connectivity index is 1.64. The van der Waals surface area contributed by atoms with E-state index in [1.165, 1.54) is 4.90 Å². The molecule has 0 spiro atoms. The molecule has 146 valence electrons. The molecule has 1 amide bonds. The van der Waals surface area contributed by atoms with Crippen LogP contribution in [0.25, 0.3) is 11.4 Å². The van der Waals surface area contributed by atoms with Gasteiger partial charge in [0, 0.05) is 17.1 Å². The third-order valence-electron chi connectivity index (χ3n) is 4.16. The van der Waals surface area contributed by atoms with E-state index >= 15 is 0 Å². The van der Waals surface area contributed by atoms with Crippen molar-refractivity contribution >= 4 is 21.8 Å². The van der Waals surface area contributed by atoms with E-state index in [-0.39, 0.29) is 12.5 Å². The number of nitrogens with zero attached hydrogens (tertiary/aromatic N) is 3. The van der Waals surface area contributed by atoms with Gasteiger partial charge in [0.05, 0.1) is 6.54 Å². The van der Waals surface area contributed by atoms with Crippen molar-refractivity contribution in [3.63, 3.8) is 0 Å². The van der Waals surface area contributed by atoms with Gasteiger partial charge in [-0.05, 0) is 56.2 Å². The van der Waals surface area contributed by atoms with Crippen LogP contribution in [0.3, 0.4) is 0 Å². The van der Waals surface area contributed by atoms with Crippen LogP contribution in [-0.4, -0.2) is 34.1 Å². The molecule has 0 bridgehead atoms. The first-order chi connectivity index (χ1) is 13.3. The maximum atomic E-state index is 12.6. The average Bonchev–Trinajstić information content (AvgIpc) is 3.08. The molecular weight excluding hydrogens is 422 g/mol. The van der Waals surface area contributed by atoms with Crippen molar-refractivity contribution in [3.05, 3.63) is 64.0 Å². The van der Waals surface area contributed by atoms with Crippen LogP contribution in [0.2, 0.25) is 0 Å². The predicted octanol–water partition coefficient (Wildman–Crippen LogP) is 4.54. The second kappa shape index (κ2) is 8.56. The van der Waals surface area contributed by atoms with Gasteiger partial charge in [-0.15, -0.1) is 0 Å². The number of benzene rings is 2. The summed E-state index contributed by atoms with van der Waals surface area (Å²) in [6, 6.07) is 13.5. The normalized spacial score (nSPS) is 11.9. The highest BCUT2D eigenvalue weighted by Crippen LogP contribution is 2.21. The number of hydrogen-bond acceptors (Lipinski definition) is 5. The molecule has 3 rings (SSSR count). The first-order valence-electron chi connectivity index (χ1n) is 8.90. The molecule has 2 aromatic carbocycles. The lowest BCUT2D eigenvalue weighted by atomic mass is 10.1. The van der Waals surface area contributed by atoms with Gasteiger partial charge in [-0.2, -0.15) is 4.98 Å². The van der Waals surface area contributed by atoms with Crippen molar-refractivity contribution in [2.24, 2.45) is 0 Å². The van der Waals surface area contributed by atoms with Crippen molar-refractivity contribution in [2.45, 2.75) is 33.4 Å². The Hall–Kier alpha value is -2.67. The third-order valence-corrected chi connectivity index (χ3v) is 4.65. The smallest absolute Gasteiger partial charge is 0.263 e. The highest BCUT2D eigenvalue weighted by Gasteiger charge is 2.21. The number of aryl methyl sites for hydroxylation is 2. The predicted molar refractivity (Wildman–Crippen MR) is 110 cm³/mol. The molecule has 28 heavy (non-hydrogen) atoms. The minimum Gasteiger partial charge on any atom is -0.481 e. The summed E-state index contributed by atoms with van der Waals surface area (Å²) in [4.78, 5) is 18.5. The summed E-state index contributed by atoms with van der Waals surface area (Å²) in [5.41, 5.74) is 3.02. The molecule has 3 aromatic rings. The first-order valence-corrected chi connectivity index (χ1v) is 9.69. The number of carbonyl (C=O) groups excluding carboxylic acids is 1. The molecule has 0 N–H and O–H groups in total. The fourth-order valence-electron chi connectivity index (χ4n) is 2.91. The Labute approximate surface area is 172 Å². The molecular formula is C21H22BrN3O3. The van der Waals surface area contributed by atoms with Gasteiger partial charge in [0.1, 0.15) is 5.75 Å². The number of rotatable bonds is 6. The van der Waals surface area contributed by atoms with E-state index in [1.54, 1.807) is 14.0 Å². The Morgan fingerprint density at radius 2 is 1.93 bits per heavy atom. The summed E-state index contributed by atoms with van der Waals surface area (Å²) in [5.74, 6) is 1.36. The molecule has 0 aliphatic heterocycles. The maximum Gasteiger partial charge on any atom is 0.263 e. The molecule has 1 aromatic heterocycles. The van der Waals surface area contributed by atoms with Gasteiger partial charge < -0.3 is 14.2 Å². The van der Waals surface area contributed by atoms with Crippen LogP contribution >= 0.6 is 15.9 Å². The number of likely N-dealkylation sites (N-methyl/N-ethyl adjacent to an activating group) is 1. The monoisotopic (exact) mass is 443 g/mol. The van der Waals surface area contributed by atoms with E-state index in [1.807, 2.05) is 50.2 Å². The van der Waals surface area contributed by atoms with E-state index in [0.29, 0.717) is 17.5 Å². The topological polar surface area (TPSA) is 68.5 Å². The standard InChI is InChI=1S/C21H22BrN3O3/c1-13-8-14(2)10-18(9-13)27-15(3)21(26)25(4)12-19-23-20(24-28-19)16-6-5-7-17(22)11-16/h5-11,15H,12H2,1-4H3. The molecule has 0 aliphatic rings. The van der Waals surface area contributed by atoms with Crippen molar-refractivity contribution in [1.29, 1.82) is 0 Å². The summed E-state index contributed by atoms with van der Waals surface area (Å²) in [6.45, 7) is 5.94. The van der Waals surface area contributed by atoms with Crippen LogP contribution in [0.5, 0.6) is 5.75 Å². The van der Waals surface area contributed by atoms with E-state index in [0.717, 1.165) is 21.2 Å². The molecule has 0 fully saturated rings. The highest BCUT2D eigenvalue weighted by atomic mass is 79.9. The largest absolute Gasteiger partial charge is 0.481 e. The Morgan fingerprint density at radius 3 is 2.61 bits per heavy atom. The van der Waals surface area contributed by atoms with Crippen LogP contribution in [0.15, 0.2) is 51.5 Å². The first kappa shape index (κ1) is 20.1. The zero-order chi connectivity index (χ0) is 20.3. The molecule has 1 atom stereocenters. The second-order valence-corrected chi connectivity index (χ2v) is 7.72. The van der Waals surface area contributed by atoms with E-state index in [2.05, 4.69) is 32.1 Å². The Kier molecular flexibility index (Phi) is 6.14. The van der Waals surface area contributed by atoms with Crippen LogP contribution in [-0.2, 0) is 11.3 Å². The van der Waals surface area contributed by atoms with E-state index < -0.39 is 6.10 Å². The van der Waals surface area contributed by atoms with Gasteiger partial charge in [0.2, 0.25) is 11.7 Å². The van der Waals surface area contributed by atoms with Crippen LogP contribution in [0.1, 0.15) is 23.9 Å². The zero-order valence-corrected chi connectivity index (χ0v) is 17.9. The van der Waals surface area contributed by atoms with E-state index in [4.69, 9.17) is 9.26 Å². The van der Waals surface area contributed by atoms with Crippen LogP contribution in [0, 0.1) is 13.8 Å². The summed E-state index contributed by atoms with van der Waals surface area (Å²) in [6.07, 6.45) is -0.626. The number of halogens is 1. The van der Waals surface area contributed by atoms with Gasteiger partial charge in [-0.25, -0.2) is 0 Å². The molecule has 1 unspecified atom stereocenters. The summed E-state index contributed by atoms with van der Waals surface area (Å²) in [7, 11) is 1.69. The lowest BCUT2D eigenvalue weighted by molar-refractivity contribution is -0.137. The third kappa shape index (κ3) is 4.98. The fraction of sp³-hybridized carbons (Fsp3) is 0.286. The number of hydrogen-bond donors (Lipinski definition) is 0. The molecule has 7 heteroatoms. The molecule has 6 nitrogen and oxygen atoms in total. The van der Waals surface area contributed by atoms with Crippen molar-refractivity contribution in [1.82, 2.24) is 15.0 Å². The summed E-state index contributed by atoms with van der Waals surface area (Å²) in [5, 5.41) is 4.00. The van der Waals surface area contributed by atoms with Gasteiger partial charge in [-0.3, -0.25) is 4.79 Å². The Bertz CT molecular complexity index is 966. The van der Waals surface area contributed by atoms with Crippen molar-refractivity contribution in [2.75, 3.05) is 7.05 Å². The minimum absolute atomic E-state index is 0.165. The van der Waals surface area contributed by atoms with Gasteiger partial charge in [0.25, 0.3) is 5.91 Å². The Morgan fingerprint density at radius 1 is 1.21 bits per heavy atom. The second-order valence-electron chi connectivity index (χ2n) is 6.80. The quantitative estimate of drug-likeness (QED) is 0.559. The van der Waals surface area contributed by atoms with Crippen LogP contribution < -0.4 is 4.74 Å². The molecule has 0 aliphatic carbocycles. The number of carbonyl (C=O) groups is 1. The van der Waals surface area contributed by atoms with Crippen molar-refractivity contribution in [3.8, 4) is 17.1 Å². The molecule has 1 heterocycles. The average molecular weight is 444 g/mol. The van der Waals surface area contributed by atoms with Gasteiger partial charge >= 0.3 is 0 Å². The highest BCUT2D eigenvalue weighted by molar-refractivity contribution is 9.10. The van der Waals surface area contributed by atoms with Gasteiger partial charge in [0.15, 0.2) is 6.10 Å². The number of ether oxygens (including phenoxy) is 1. The summed E-state index contributed by atoms with van der Waals surface area (Å²) >= 11 is 3.42. The fourth-order valence-corrected chi connectivity index (χ4v) is 3.31. The van der Waals surface area contributed by atoms with Gasteiger partial charge in [-0.1, -0.05) is 39.3 Å². The van der Waals surface area contributed by atoms with Crippen molar-refractivity contribution < 1.29 is 14.1 Å². The van der Waals surface area contributed by atoms with Crippen LogP contribution in [0.4, 0.5) is 0 Å².